The number of aromatic nitrogens is 1. The second kappa shape index (κ2) is 3.71. The van der Waals surface area contributed by atoms with Crippen LogP contribution in [0.2, 0.25) is 0 Å². The van der Waals surface area contributed by atoms with Gasteiger partial charge in [-0.3, -0.25) is 0 Å². The molecule has 14 heavy (non-hydrogen) atoms. The number of ether oxygens (including phenoxy) is 3. The first-order valence-electron chi connectivity index (χ1n) is 4.32. The molecule has 0 saturated heterocycles. The summed E-state index contributed by atoms with van der Waals surface area (Å²) in [5, 5.41) is 11.3. The van der Waals surface area contributed by atoms with E-state index in [0.29, 0.717) is 23.7 Å². The number of nitrogens with zero attached hydrogens (tertiary/aromatic N) is 1. The molecule has 2 heterocycles. The molecule has 0 amide bonds. The molecule has 1 aliphatic heterocycles. The molecule has 5 nitrogen and oxygen atoms in total. The molecule has 1 atom stereocenters. The fraction of sp³-hybridized carbons (Fsp3) is 0.444. The smallest absolute Gasteiger partial charge is 0.423 e. The number of methoxy groups -OCH3 is 1. The van der Waals surface area contributed by atoms with Crippen molar-refractivity contribution in [1.29, 1.82) is 0 Å². The molecular weight excluding hydrogens is 186 g/mol. The van der Waals surface area contributed by atoms with Crippen LogP contribution in [0, 0.1) is 5.21 Å². The summed E-state index contributed by atoms with van der Waals surface area (Å²) in [6, 6.07) is 3.32. The van der Waals surface area contributed by atoms with E-state index in [1.165, 1.54) is 6.20 Å². The van der Waals surface area contributed by atoms with E-state index in [1.807, 2.05) is 0 Å². The van der Waals surface area contributed by atoms with Gasteiger partial charge in [0.2, 0.25) is 5.75 Å². The van der Waals surface area contributed by atoms with Crippen molar-refractivity contribution in [2.24, 2.45) is 0 Å². The fourth-order valence-corrected chi connectivity index (χ4v) is 1.32. The normalized spacial score (nSPS) is 19.4. The maximum absolute atomic E-state index is 11.3. The Labute approximate surface area is 81.4 Å². The lowest BCUT2D eigenvalue weighted by molar-refractivity contribution is -0.615. The molecule has 0 aromatic carbocycles. The Balaban J connectivity index is 2.20. The van der Waals surface area contributed by atoms with Crippen LogP contribution in [0.1, 0.15) is 0 Å². The van der Waals surface area contributed by atoms with Crippen LogP contribution >= 0.6 is 0 Å². The lowest BCUT2D eigenvalue weighted by Crippen LogP contribution is -2.40. The van der Waals surface area contributed by atoms with E-state index >= 15 is 0 Å². The molecular formula is C9H11NO4. The summed E-state index contributed by atoms with van der Waals surface area (Å²) in [4.78, 5) is 0. The predicted molar refractivity (Wildman–Crippen MR) is 47.2 cm³/mol. The molecule has 0 radical (unpaired) electrons. The van der Waals surface area contributed by atoms with Gasteiger partial charge in [0.25, 0.3) is 0 Å². The largest absolute Gasteiger partial charge is 0.616 e. The third-order valence-corrected chi connectivity index (χ3v) is 1.94. The van der Waals surface area contributed by atoms with E-state index in [0.717, 1.165) is 0 Å². The van der Waals surface area contributed by atoms with E-state index in [1.54, 1.807) is 19.2 Å². The monoisotopic (exact) mass is 197 g/mol. The van der Waals surface area contributed by atoms with Gasteiger partial charge in [0, 0.05) is 13.2 Å². The molecule has 76 valence electrons. The first kappa shape index (κ1) is 9.08. The van der Waals surface area contributed by atoms with Gasteiger partial charge in [0.05, 0.1) is 6.61 Å². The molecule has 0 spiro atoms. The van der Waals surface area contributed by atoms with Crippen molar-refractivity contribution in [1.82, 2.24) is 0 Å². The molecule has 5 heteroatoms. The minimum atomic E-state index is -0.213. The third kappa shape index (κ3) is 1.58. The molecule has 1 unspecified atom stereocenters. The topological polar surface area (TPSA) is 54.6 Å². The second-order valence-electron chi connectivity index (χ2n) is 3.01. The zero-order chi connectivity index (χ0) is 9.97. The van der Waals surface area contributed by atoms with Gasteiger partial charge in [-0.2, -0.15) is 0 Å². The second-order valence-corrected chi connectivity index (χ2v) is 3.01. The Hall–Kier alpha value is -1.49. The molecule has 0 bridgehead atoms. The van der Waals surface area contributed by atoms with E-state index in [4.69, 9.17) is 14.2 Å². The average molecular weight is 197 g/mol. The summed E-state index contributed by atoms with van der Waals surface area (Å²) >= 11 is 0. The van der Waals surface area contributed by atoms with Gasteiger partial charge in [-0.1, -0.05) is 0 Å². The fourth-order valence-electron chi connectivity index (χ4n) is 1.32. The molecule has 1 aliphatic rings. The zero-order valence-corrected chi connectivity index (χ0v) is 7.80. The van der Waals surface area contributed by atoms with Gasteiger partial charge in [0.15, 0.2) is 12.3 Å². The maximum atomic E-state index is 11.3. The number of fused-ring (bicyclic) bond motifs is 1. The minimum Gasteiger partial charge on any atom is -0.616 e. The Kier molecular flexibility index (Phi) is 2.41. The highest BCUT2D eigenvalue weighted by atomic mass is 16.6. The van der Waals surface area contributed by atoms with Crippen molar-refractivity contribution < 1.29 is 18.9 Å². The number of hydrogen-bond acceptors (Lipinski definition) is 4. The van der Waals surface area contributed by atoms with Gasteiger partial charge in [-0.15, -0.1) is 4.73 Å². The van der Waals surface area contributed by atoms with Crippen LogP contribution in [0.15, 0.2) is 18.3 Å². The van der Waals surface area contributed by atoms with Crippen LogP contribution in [0.5, 0.6) is 11.6 Å². The van der Waals surface area contributed by atoms with E-state index in [2.05, 4.69) is 0 Å². The SMILES string of the molecule is COCC1COc2ccc[n+]([O-])c2O1. The summed E-state index contributed by atoms with van der Waals surface area (Å²) in [7, 11) is 1.58. The minimum absolute atomic E-state index is 0.209. The van der Waals surface area contributed by atoms with Crippen LogP contribution in [-0.2, 0) is 4.74 Å². The highest BCUT2D eigenvalue weighted by Gasteiger charge is 2.27. The average Bonchev–Trinajstić information content (AvgIpc) is 2.20. The lowest BCUT2D eigenvalue weighted by atomic mass is 10.3. The molecule has 0 fully saturated rings. The third-order valence-electron chi connectivity index (χ3n) is 1.94. The van der Waals surface area contributed by atoms with E-state index in [-0.39, 0.29) is 12.0 Å². The lowest BCUT2D eigenvalue weighted by Gasteiger charge is -2.23. The Morgan fingerprint density at radius 3 is 3.36 bits per heavy atom. The van der Waals surface area contributed by atoms with Gasteiger partial charge in [0.1, 0.15) is 6.61 Å². The summed E-state index contributed by atoms with van der Waals surface area (Å²) in [5.41, 5.74) is 0. The Morgan fingerprint density at radius 2 is 2.57 bits per heavy atom. The molecule has 2 rings (SSSR count). The van der Waals surface area contributed by atoms with E-state index < -0.39 is 0 Å². The van der Waals surface area contributed by atoms with Gasteiger partial charge < -0.3 is 19.4 Å². The van der Waals surface area contributed by atoms with Crippen LogP contribution in [-0.4, -0.2) is 26.4 Å². The molecule has 0 N–H and O–H groups in total. The van der Waals surface area contributed by atoms with Crippen LogP contribution < -0.4 is 14.2 Å². The predicted octanol–water partition coefficient (Wildman–Crippen LogP) is 0.106. The van der Waals surface area contributed by atoms with Crippen LogP contribution in [0.3, 0.4) is 0 Å². The van der Waals surface area contributed by atoms with Gasteiger partial charge >= 0.3 is 5.88 Å². The number of pyridine rings is 1. The zero-order valence-electron chi connectivity index (χ0n) is 7.80. The first-order valence-corrected chi connectivity index (χ1v) is 4.32. The molecule has 0 aliphatic carbocycles. The summed E-state index contributed by atoms with van der Waals surface area (Å²) < 4.78 is 16.3. The Bertz CT molecular complexity index is 329. The number of hydrogen-bond donors (Lipinski definition) is 0. The van der Waals surface area contributed by atoms with Crippen LogP contribution in [0.4, 0.5) is 0 Å². The number of rotatable bonds is 2. The highest BCUT2D eigenvalue weighted by Crippen LogP contribution is 2.26. The summed E-state index contributed by atoms with van der Waals surface area (Å²) in [6.07, 6.45) is 1.16. The summed E-state index contributed by atoms with van der Waals surface area (Å²) in [5.74, 6) is 0.690. The highest BCUT2D eigenvalue weighted by molar-refractivity contribution is 5.30. The molecule has 1 aromatic rings. The van der Waals surface area contributed by atoms with Crippen LogP contribution in [0.25, 0.3) is 0 Å². The quantitative estimate of drug-likeness (QED) is 0.498. The van der Waals surface area contributed by atoms with Crippen molar-refractivity contribution >= 4 is 0 Å². The standard InChI is InChI=1S/C9H11NO4/c1-12-5-7-6-13-8-3-2-4-10(11)9(8)14-7/h2-4,7H,5-6H2,1H3. The first-order chi connectivity index (χ1) is 6.81. The Morgan fingerprint density at radius 1 is 1.71 bits per heavy atom. The van der Waals surface area contributed by atoms with Crippen molar-refractivity contribution in [2.45, 2.75) is 6.10 Å². The van der Waals surface area contributed by atoms with Gasteiger partial charge in [-0.25, -0.2) is 0 Å². The van der Waals surface area contributed by atoms with Crippen molar-refractivity contribution in [3.05, 3.63) is 23.5 Å². The van der Waals surface area contributed by atoms with Crippen molar-refractivity contribution in [2.75, 3.05) is 20.3 Å². The van der Waals surface area contributed by atoms with Crippen molar-refractivity contribution in [3.8, 4) is 11.6 Å². The maximum Gasteiger partial charge on any atom is 0.423 e. The molecule has 1 aromatic heterocycles. The van der Waals surface area contributed by atoms with E-state index in [9.17, 15) is 5.21 Å². The summed E-state index contributed by atoms with van der Waals surface area (Å²) in [6.45, 7) is 0.819. The molecule has 0 saturated carbocycles. The van der Waals surface area contributed by atoms with Gasteiger partial charge in [-0.05, 0) is 6.07 Å². The van der Waals surface area contributed by atoms with Crippen molar-refractivity contribution in [3.63, 3.8) is 0 Å².